The minimum atomic E-state index is -0.0778. The summed E-state index contributed by atoms with van der Waals surface area (Å²) in [6.45, 7) is 9.00. The number of ether oxygens (including phenoxy) is 1. The first-order valence-corrected chi connectivity index (χ1v) is 11.1. The quantitative estimate of drug-likeness (QED) is 0.592. The third-order valence-electron chi connectivity index (χ3n) is 6.46. The lowest BCUT2D eigenvalue weighted by Crippen LogP contribution is -2.43. The highest BCUT2D eigenvalue weighted by atomic mass is 16.5. The number of amides is 1. The number of aryl methyl sites for hydroxylation is 1. The number of aromatic amines is 1. The van der Waals surface area contributed by atoms with Crippen molar-refractivity contribution in [1.82, 2.24) is 20.6 Å². The Kier molecular flexibility index (Phi) is 5.28. The number of hydrogen-bond donors (Lipinski definition) is 3. The molecule has 0 saturated carbocycles. The molecule has 2 aromatic carbocycles. The SMILES string of the molecule is Cc1cc(-c2cc(O[C@H](C)[C@H]3CNC(=O)C3)c3nc[nH]c3c2)ccc1N1CCNCC1. The summed E-state index contributed by atoms with van der Waals surface area (Å²) in [6.07, 6.45) is 2.13. The predicted octanol–water partition coefficient (Wildman–Crippen LogP) is 2.85. The summed E-state index contributed by atoms with van der Waals surface area (Å²) in [7, 11) is 0. The Morgan fingerprint density at radius 3 is 2.74 bits per heavy atom. The van der Waals surface area contributed by atoms with Crippen molar-refractivity contribution in [1.29, 1.82) is 0 Å². The van der Waals surface area contributed by atoms with Crippen molar-refractivity contribution in [3.63, 3.8) is 0 Å². The zero-order valence-electron chi connectivity index (χ0n) is 18.1. The number of nitrogens with one attached hydrogen (secondary N) is 3. The van der Waals surface area contributed by atoms with Gasteiger partial charge >= 0.3 is 0 Å². The van der Waals surface area contributed by atoms with Crippen LogP contribution < -0.4 is 20.3 Å². The Morgan fingerprint density at radius 2 is 2.00 bits per heavy atom. The standard InChI is InChI=1S/C24H29N5O2/c1-15-9-17(3-4-21(15)29-7-5-25-6-8-29)18-10-20-24(28-14-27-20)22(11-18)31-16(2)19-12-23(30)26-13-19/h3-4,9-11,14,16,19,25H,5-8,12-13H2,1-2H3,(H,26,30)(H,27,28)/t16-,19-/m1/s1. The third kappa shape index (κ3) is 3.97. The second kappa shape index (κ2) is 8.23. The summed E-state index contributed by atoms with van der Waals surface area (Å²) in [5.41, 5.74) is 6.59. The van der Waals surface area contributed by atoms with E-state index in [1.165, 1.54) is 11.3 Å². The number of carbonyl (C=O) groups is 1. The molecule has 3 N–H and O–H groups in total. The van der Waals surface area contributed by atoms with Crippen LogP contribution in [0.5, 0.6) is 5.75 Å². The highest BCUT2D eigenvalue weighted by Gasteiger charge is 2.28. The molecule has 0 unspecified atom stereocenters. The Hall–Kier alpha value is -3.06. The van der Waals surface area contributed by atoms with E-state index in [-0.39, 0.29) is 17.9 Å². The Morgan fingerprint density at radius 1 is 1.16 bits per heavy atom. The number of rotatable bonds is 5. The number of hydrogen-bond acceptors (Lipinski definition) is 5. The number of fused-ring (bicyclic) bond motifs is 1. The molecule has 0 spiro atoms. The van der Waals surface area contributed by atoms with E-state index < -0.39 is 0 Å². The first-order chi connectivity index (χ1) is 15.1. The maximum atomic E-state index is 11.6. The van der Waals surface area contributed by atoms with Crippen molar-refractivity contribution in [3.8, 4) is 16.9 Å². The van der Waals surface area contributed by atoms with Crippen molar-refractivity contribution in [2.24, 2.45) is 5.92 Å². The minimum absolute atomic E-state index is 0.0778. The molecule has 0 radical (unpaired) electrons. The fraction of sp³-hybridized carbons (Fsp3) is 0.417. The third-order valence-corrected chi connectivity index (χ3v) is 6.46. The summed E-state index contributed by atoms with van der Waals surface area (Å²) in [5, 5.41) is 6.31. The zero-order chi connectivity index (χ0) is 21.4. The van der Waals surface area contributed by atoms with Crippen LogP contribution in [0.25, 0.3) is 22.2 Å². The fourth-order valence-corrected chi connectivity index (χ4v) is 4.63. The average molecular weight is 420 g/mol. The van der Waals surface area contributed by atoms with Gasteiger partial charge < -0.3 is 25.3 Å². The van der Waals surface area contributed by atoms with E-state index in [4.69, 9.17) is 4.74 Å². The fourth-order valence-electron chi connectivity index (χ4n) is 4.63. The van der Waals surface area contributed by atoms with Crippen LogP contribution in [0.2, 0.25) is 0 Å². The van der Waals surface area contributed by atoms with E-state index in [0.29, 0.717) is 13.0 Å². The average Bonchev–Trinajstić information content (AvgIpc) is 3.43. The number of carbonyl (C=O) groups excluding carboxylic acids is 1. The Bertz CT molecular complexity index is 1100. The van der Waals surface area contributed by atoms with Crippen molar-refractivity contribution in [3.05, 3.63) is 42.2 Å². The van der Waals surface area contributed by atoms with Gasteiger partial charge in [-0.05, 0) is 54.8 Å². The van der Waals surface area contributed by atoms with Crippen molar-refractivity contribution in [2.45, 2.75) is 26.4 Å². The van der Waals surface area contributed by atoms with Gasteiger partial charge in [0.2, 0.25) is 5.91 Å². The Labute approximate surface area is 182 Å². The van der Waals surface area contributed by atoms with E-state index in [2.05, 4.69) is 62.8 Å². The lowest BCUT2D eigenvalue weighted by molar-refractivity contribution is -0.119. The van der Waals surface area contributed by atoms with Crippen LogP contribution in [0.1, 0.15) is 18.9 Å². The van der Waals surface area contributed by atoms with E-state index in [1.54, 1.807) is 6.33 Å². The number of piperazine rings is 1. The van der Waals surface area contributed by atoms with E-state index >= 15 is 0 Å². The molecule has 2 aliphatic heterocycles. The largest absolute Gasteiger partial charge is 0.488 e. The van der Waals surface area contributed by atoms with Gasteiger partial charge in [-0.3, -0.25) is 4.79 Å². The number of aromatic nitrogens is 2. The number of benzene rings is 2. The van der Waals surface area contributed by atoms with Crippen molar-refractivity contribution in [2.75, 3.05) is 37.6 Å². The second-order valence-electron chi connectivity index (χ2n) is 8.60. The first-order valence-electron chi connectivity index (χ1n) is 11.1. The topological polar surface area (TPSA) is 82.3 Å². The summed E-state index contributed by atoms with van der Waals surface area (Å²) < 4.78 is 6.34. The summed E-state index contributed by atoms with van der Waals surface area (Å²) in [5.74, 6) is 1.02. The van der Waals surface area contributed by atoms with Crippen LogP contribution in [-0.4, -0.2) is 54.7 Å². The molecular weight excluding hydrogens is 390 g/mol. The van der Waals surface area contributed by atoms with Gasteiger partial charge in [0.15, 0.2) is 0 Å². The smallest absolute Gasteiger partial charge is 0.220 e. The molecule has 7 heteroatoms. The van der Waals surface area contributed by atoms with Crippen LogP contribution in [0.15, 0.2) is 36.7 Å². The molecule has 5 rings (SSSR count). The number of H-pyrrole nitrogens is 1. The molecular formula is C24H29N5O2. The summed E-state index contributed by atoms with van der Waals surface area (Å²) >= 11 is 0. The molecule has 3 heterocycles. The van der Waals surface area contributed by atoms with Gasteiger partial charge in [-0.2, -0.15) is 0 Å². The second-order valence-corrected chi connectivity index (χ2v) is 8.60. The molecule has 2 saturated heterocycles. The van der Waals surface area contributed by atoms with Gasteiger partial charge in [0.1, 0.15) is 17.4 Å². The minimum Gasteiger partial charge on any atom is -0.488 e. The molecule has 31 heavy (non-hydrogen) atoms. The van der Waals surface area contributed by atoms with Gasteiger partial charge in [-0.15, -0.1) is 0 Å². The van der Waals surface area contributed by atoms with Gasteiger partial charge in [0.25, 0.3) is 0 Å². The molecule has 0 aliphatic carbocycles. The number of imidazole rings is 1. The van der Waals surface area contributed by atoms with Crippen molar-refractivity contribution < 1.29 is 9.53 Å². The molecule has 7 nitrogen and oxygen atoms in total. The molecule has 2 atom stereocenters. The van der Waals surface area contributed by atoms with Gasteiger partial charge in [0, 0.05) is 50.7 Å². The first kappa shape index (κ1) is 19.9. The molecule has 3 aromatic rings. The van der Waals surface area contributed by atoms with Crippen molar-refractivity contribution >= 4 is 22.6 Å². The van der Waals surface area contributed by atoms with Gasteiger partial charge in [0.05, 0.1) is 11.8 Å². The van der Waals surface area contributed by atoms with E-state index in [0.717, 1.165) is 54.1 Å². The lowest BCUT2D eigenvalue weighted by Gasteiger charge is -2.31. The lowest BCUT2D eigenvalue weighted by atomic mass is 10.00. The molecule has 162 valence electrons. The summed E-state index contributed by atoms with van der Waals surface area (Å²) in [6, 6.07) is 10.9. The maximum absolute atomic E-state index is 11.6. The highest BCUT2D eigenvalue weighted by molar-refractivity contribution is 5.88. The molecule has 1 amide bonds. The Balaban J connectivity index is 1.45. The predicted molar refractivity (Wildman–Crippen MR) is 123 cm³/mol. The zero-order valence-corrected chi connectivity index (χ0v) is 18.1. The molecule has 2 fully saturated rings. The van der Waals surface area contributed by atoms with Crippen LogP contribution >= 0.6 is 0 Å². The monoisotopic (exact) mass is 419 g/mol. The molecule has 2 aliphatic rings. The van der Waals surface area contributed by atoms with Crippen LogP contribution in [0.3, 0.4) is 0 Å². The normalized spacial score (nSPS) is 20.1. The van der Waals surface area contributed by atoms with Gasteiger partial charge in [-0.1, -0.05) is 6.07 Å². The maximum Gasteiger partial charge on any atom is 0.220 e. The summed E-state index contributed by atoms with van der Waals surface area (Å²) in [4.78, 5) is 21.7. The molecule has 0 bridgehead atoms. The van der Waals surface area contributed by atoms with E-state index in [1.807, 2.05) is 6.92 Å². The highest BCUT2D eigenvalue weighted by Crippen LogP contribution is 2.34. The van der Waals surface area contributed by atoms with Crippen LogP contribution in [-0.2, 0) is 4.79 Å². The number of anilines is 1. The van der Waals surface area contributed by atoms with E-state index in [9.17, 15) is 4.79 Å². The number of nitrogens with zero attached hydrogens (tertiary/aromatic N) is 2. The van der Waals surface area contributed by atoms with Crippen LogP contribution in [0, 0.1) is 12.8 Å². The molecule has 1 aromatic heterocycles. The van der Waals surface area contributed by atoms with Crippen LogP contribution in [0.4, 0.5) is 5.69 Å². The van der Waals surface area contributed by atoms with Gasteiger partial charge in [-0.25, -0.2) is 4.98 Å².